The van der Waals surface area contributed by atoms with E-state index >= 15 is 0 Å². The summed E-state index contributed by atoms with van der Waals surface area (Å²) in [5, 5.41) is 9.41. The fourth-order valence-electron chi connectivity index (χ4n) is 3.01. The van der Waals surface area contributed by atoms with E-state index in [0.717, 1.165) is 32.1 Å². The van der Waals surface area contributed by atoms with Gasteiger partial charge in [-0.3, -0.25) is 0 Å². The third kappa shape index (κ3) is 12.8. The number of hydrogen-bond acceptors (Lipinski definition) is 2. The second-order valence-electron chi connectivity index (χ2n) is 7.73. The van der Waals surface area contributed by atoms with Crippen molar-refractivity contribution in [1.82, 2.24) is 0 Å². The molecular weight excluding hydrogens is 396 g/mol. The molecule has 0 aliphatic carbocycles. The molecule has 0 amide bonds. The smallest absolute Gasteiger partial charge is 0.0614 e. The monoisotopic (exact) mass is 432 g/mol. The van der Waals surface area contributed by atoms with E-state index in [1.807, 2.05) is 17.8 Å². The number of halogens is 1. The second kappa shape index (κ2) is 15.6. The third-order valence-corrected chi connectivity index (χ3v) is 6.31. The van der Waals surface area contributed by atoms with Crippen molar-refractivity contribution in [3.63, 3.8) is 0 Å². The van der Waals surface area contributed by atoms with Gasteiger partial charge in [0.25, 0.3) is 0 Å². The van der Waals surface area contributed by atoms with Crippen LogP contribution in [0.5, 0.6) is 0 Å². The first-order valence-electron chi connectivity index (χ1n) is 10.5. The zero-order chi connectivity index (χ0) is 21.5. The first kappa shape index (κ1) is 25.8. The van der Waals surface area contributed by atoms with Gasteiger partial charge >= 0.3 is 0 Å². The van der Waals surface area contributed by atoms with Crippen LogP contribution in [-0.2, 0) is 0 Å². The van der Waals surface area contributed by atoms with Gasteiger partial charge in [0, 0.05) is 16.0 Å². The summed E-state index contributed by atoms with van der Waals surface area (Å²) in [5.41, 5.74) is 5.37. The van der Waals surface area contributed by atoms with E-state index in [1.54, 1.807) is 0 Å². The van der Waals surface area contributed by atoms with Crippen LogP contribution in [0.1, 0.15) is 59.8 Å². The molecule has 0 aromatic heterocycles. The summed E-state index contributed by atoms with van der Waals surface area (Å²) >= 11 is 7.81. The Balaban J connectivity index is 2.77. The van der Waals surface area contributed by atoms with Crippen molar-refractivity contribution in [2.24, 2.45) is 0 Å². The standard InChI is InChI=1S/C26H37ClOS/c1-21(16-17-28)10-8-11-22(2)18-26(29-25-14-6-5-7-15-25)19-23(3)12-9-13-24(4)20-27/h5-7,11,13-16,19,26,28H,8-10,12,17-18,20H2,1-4H3/b21-16+,22-11+,23-19+,24-13+. The van der Waals surface area contributed by atoms with E-state index < -0.39 is 0 Å². The highest BCUT2D eigenvalue weighted by Gasteiger charge is 2.09. The van der Waals surface area contributed by atoms with Crippen LogP contribution in [0, 0.1) is 0 Å². The highest BCUT2D eigenvalue weighted by Crippen LogP contribution is 2.30. The van der Waals surface area contributed by atoms with Crippen molar-refractivity contribution < 1.29 is 5.11 Å². The lowest BCUT2D eigenvalue weighted by atomic mass is 10.0. The Labute approximate surface area is 187 Å². The van der Waals surface area contributed by atoms with Crippen LogP contribution in [0.2, 0.25) is 0 Å². The summed E-state index contributed by atoms with van der Waals surface area (Å²) < 4.78 is 0. The van der Waals surface area contributed by atoms with Crippen molar-refractivity contribution in [2.75, 3.05) is 12.5 Å². The molecule has 1 unspecified atom stereocenters. The van der Waals surface area contributed by atoms with Gasteiger partial charge in [0.2, 0.25) is 0 Å². The summed E-state index contributed by atoms with van der Waals surface area (Å²) in [4.78, 5) is 1.31. The molecule has 1 N–H and O–H groups in total. The zero-order valence-electron chi connectivity index (χ0n) is 18.5. The van der Waals surface area contributed by atoms with Crippen molar-refractivity contribution >= 4 is 23.4 Å². The fourth-order valence-corrected chi connectivity index (χ4v) is 4.43. The van der Waals surface area contributed by atoms with Crippen LogP contribution >= 0.6 is 23.4 Å². The van der Waals surface area contributed by atoms with Gasteiger partial charge in [-0.2, -0.15) is 0 Å². The number of allylic oxidation sites excluding steroid dienone is 6. The van der Waals surface area contributed by atoms with E-state index in [0.29, 0.717) is 11.1 Å². The molecule has 1 aromatic carbocycles. The van der Waals surface area contributed by atoms with Crippen LogP contribution in [0.15, 0.2) is 81.8 Å². The number of aliphatic hydroxyl groups excluding tert-OH is 1. The lowest BCUT2D eigenvalue weighted by Gasteiger charge is -2.15. The largest absolute Gasteiger partial charge is 0.392 e. The van der Waals surface area contributed by atoms with Crippen molar-refractivity contribution in [1.29, 1.82) is 0 Å². The molecule has 0 heterocycles. The lowest BCUT2D eigenvalue weighted by Crippen LogP contribution is -2.01. The zero-order valence-corrected chi connectivity index (χ0v) is 20.0. The molecule has 0 aliphatic rings. The van der Waals surface area contributed by atoms with Gasteiger partial charge in [0.1, 0.15) is 0 Å². The van der Waals surface area contributed by atoms with Gasteiger partial charge in [0.05, 0.1) is 6.61 Å². The third-order valence-electron chi connectivity index (χ3n) is 4.74. The van der Waals surface area contributed by atoms with Gasteiger partial charge in [-0.25, -0.2) is 0 Å². The molecule has 1 aromatic rings. The minimum Gasteiger partial charge on any atom is -0.392 e. The van der Waals surface area contributed by atoms with Crippen LogP contribution < -0.4 is 0 Å². The van der Waals surface area contributed by atoms with Gasteiger partial charge < -0.3 is 5.11 Å². The maximum absolute atomic E-state index is 8.98. The summed E-state index contributed by atoms with van der Waals surface area (Å²) in [7, 11) is 0. The van der Waals surface area contributed by atoms with E-state index in [9.17, 15) is 0 Å². The van der Waals surface area contributed by atoms with Crippen LogP contribution in [0.25, 0.3) is 0 Å². The molecule has 3 heteroatoms. The second-order valence-corrected chi connectivity index (χ2v) is 9.31. The number of benzene rings is 1. The predicted octanol–water partition coefficient (Wildman–Crippen LogP) is 8.11. The Hall–Kier alpha value is -1.22. The van der Waals surface area contributed by atoms with Crippen molar-refractivity contribution in [3.05, 3.63) is 76.9 Å². The topological polar surface area (TPSA) is 20.2 Å². The molecule has 0 saturated carbocycles. The number of thioether (sulfide) groups is 1. The van der Waals surface area contributed by atoms with Gasteiger partial charge in [-0.1, -0.05) is 64.8 Å². The Kier molecular flexibility index (Phi) is 13.9. The van der Waals surface area contributed by atoms with E-state index in [1.165, 1.54) is 27.2 Å². The Morgan fingerprint density at radius 1 is 0.897 bits per heavy atom. The van der Waals surface area contributed by atoms with Gasteiger partial charge in [0.15, 0.2) is 0 Å². The highest BCUT2D eigenvalue weighted by molar-refractivity contribution is 8.00. The maximum atomic E-state index is 8.98. The van der Waals surface area contributed by atoms with Crippen molar-refractivity contribution in [3.8, 4) is 0 Å². The van der Waals surface area contributed by atoms with E-state index in [4.69, 9.17) is 16.7 Å². The summed E-state index contributed by atoms with van der Waals surface area (Å²) in [6.07, 6.45) is 14.1. The van der Waals surface area contributed by atoms with Crippen molar-refractivity contribution in [2.45, 2.75) is 69.9 Å². The number of aliphatic hydroxyl groups is 1. The molecule has 0 aliphatic heterocycles. The molecule has 0 bridgehead atoms. The van der Waals surface area contributed by atoms with E-state index in [-0.39, 0.29) is 6.61 Å². The molecule has 0 saturated heterocycles. The van der Waals surface area contributed by atoms with Gasteiger partial charge in [-0.05, 0) is 71.9 Å². The SMILES string of the molecule is C/C(=C\CC/C(C)=C/C(C/C(C)=C/CC/C(C)=C/CO)Sc1ccccc1)CCl. The molecule has 0 radical (unpaired) electrons. The molecule has 0 fully saturated rings. The maximum Gasteiger partial charge on any atom is 0.0614 e. The van der Waals surface area contributed by atoms with E-state index in [2.05, 4.69) is 76.3 Å². The molecule has 1 atom stereocenters. The predicted molar refractivity (Wildman–Crippen MR) is 132 cm³/mol. The minimum absolute atomic E-state index is 0.133. The number of rotatable bonds is 13. The first-order chi connectivity index (χ1) is 13.9. The quantitative estimate of drug-likeness (QED) is 0.193. The number of alkyl halides is 1. The Bertz CT molecular complexity index is 701. The Morgan fingerprint density at radius 3 is 2.14 bits per heavy atom. The summed E-state index contributed by atoms with van der Waals surface area (Å²) in [6.45, 7) is 8.78. The minimum atomic E-state index is 0.133. The average molecular weight is 433 g/mol. The average Bonchev–Trinajstić information content (AvgIpc) is 2.68. The highest BCUT2D eigenvalue weighted by atomic mass is 35.5. The van der Waals surface area contributed by atoms with Gasteiger partial charge in [-0.15, -0.1) is 23.4 Å². The molecule has 160 valence electrons. The van der Waals surface area contributed by atoms with Crippen LogP contribution in [0.4, 0.5) is 0 Å². The summed E-state index contributed by atoms with van der Waals surface area (Å²) in [6, 6.07) is 10.7. The molecule has 1 nitrogen and oxygen atoms in total. The molecule has 29 heavy (non-hydrogen) atoms. The molecular formula is C26H37ClOS. The normalized spacial score (nSPS) is 15.0. The fraction of sp³-hybridized carbons (Fsp3) is 0.462. The molecule has 1 rings (SSSR count). The summed E-state index contributed by atoms with van der Waals surface area (Å²) in [5.74, 6) is 0.617. The Morgan fingerprint density at radius 2 is 1.52 bits per heavy atom. The first-order valence-corrected chi connectivity index (χ1v) is 11.9. The molecule has 0 spiro atoms. The lowest BCUT2D eigenvalue weighted by molar-refractivity contribution is 0.341. The van der Waals surface area contributed by atoms with Crippen LogP contribution in [-0.4, -0.2) is 22.8 Å². The number of hydrogen-bond donors (Lipinski definition) is 1. The van der Waals surface area contributed by atoms with Crippen LogP contribution in [0.3, 0.4) is 0 Å².